The van der Waals surface area contributed by atoms with Gasteiger partial charge in [-0.2, -0.15) is 0 Å². The quantitative estimate of drug-likeness (QED) is 0.407. The third kappa shape index (κ3) is 3.82. The van der Waals surface area contributed by atoms with Crippen LogP contribution in [0, 0.1) is 5.21 Å². The first-order valence-electron chi connectivity index (χ1n) is 11.9. The number of nitrogens with zero attached hydrogens (tertiary/aromatic N) is 3. The fraction of sp³-hybridized carbons (Fsp3) is 0.385. The van der Waals surface area contributed by atoms with Crippen LogP contribution >= 0.6 is 0 Å². The van der Waals surface area contributed by atoms with E-state index in [-0.39, 0.29) is 29.3 Å². The number of rotatable bonds is 7. The number of hydrogen-bond acceptors (Lipinski definition) is 5. The molecule has 2 aliphatic rings. The fourth-order valence-corrected chi connectivity index (χ4v) is 5.40. The second-order valence-electron chi connectivity index (χ2n) is 9.17. The van der Waals surface area contributed by atoms with Crippen LogP contribution in [0.4, 0.5) is 5.69 Å². The smallest absolute Gasteiger partial charge is 0.246 e. The molecule has 2 aromatic carbocycles. The number of H-pyrrole nitrogens is 1. The van der Waals surface area contributed by atoms with Crippen LogP contribution < -0.4 is 5.23 Å². The van der Waals surface area contributed by atoms with Crippen LogP contribution in [0.25, 0.3) is 10.9 Å². The van der Waals surface area contributed by atoms with E-state index in [0.29, 0.717) is 18.5 Å². The number of hydrogen-bond donors (Lipinski definition) is 2. The van der Waals surface area contributed by atoms with Gasteiger partial charge in [0.05, 0.1) is 18.3 Å². The zero-order chi connectivity index (χ0) is 23.8. The highest BCUT2D eigenvalue weighted by Gasteiger charge is 2.48. The maximum Gasteiger partial charge on any atom is 0.246 e. The molecular formula is C26H29N4O4-. The molecule has 3 aromatic rings. The van der Waals surface area contributed by atoms with E-state index in [1.54, 1.807) is 21.9 Å². The average molecular weight is 462 g/mol. The average Bonchev–Trinajstić information content (AvgIpc) is 3.22. The SMILES string of the molecule is CCCCCCN1CC(=O)N2C(Cc3c([nH]c4ccccc34)C2c2cccc(N([O-])O)c2)C1=O. The summed E-state index contributed by atoms with van der Waals surface area (Å²) in [4.78, 5) is 34.0. The van der Waals surface area contributed by atoms with Crippen LogP contribution in [-0.2, 0) is 16.0 Å². The molecule has 2 aliphatic heterocycles. The van der Waals surface area contributed by atoms with Crippen molar-refractivity contribution >= 4 is 28.4 Å². The van der Waals surface area contributed by atoms with Crippen molar-refractivity contribution in [3.05, 3.63) is 70.6 Å². The lowest BCUT2D eigenvalue weighted by atomic mass is 9.86. The molecule has 2 amide bonds. The lowest BCUT2D eigenvalue weighted by Gasteiger charge is -2.47. The van der Waals surface area contributed by atoms with Gasteiger partial charge in [-0.3, -0.25) is 14.8 Å². The maximum absolute atomic E-state index is 13.6. The molecule has 0 aliphatic carbocycles. The standard InChI is InChI=1S/C26H29N4O4/c1-2-3-4-7-13-28-16-23(31)29-22(26(28)32)15-20-19-11-5-6-12-21(19)27-24(20)25(29)17-9-8-10-18(14-17)30(33)34/h5-6,8-12,14,22,25,27,33H,2-4,7,13,15-16H2,1H3/q-1. The Labute approximate surface area is 198 Å². The molecule has 1 aromatic heterocycles. The molecule has 1 saturated heterocycles. The highest BCUT2D eigenvalue weighted by Crippen LogP contribution is 2.43. The molecule has 8 nitrogen and oxygen atoms in total. The summed E-state index contributed by atoms with van der Waals surface area (Å²) in [6.45, 7) is 2.79. The molecule has 8 heteroatoms. The number of para-hydroxylation sites is 1. The number of unbranched alkanes of at least 4 members (excludes halogenated alkanes) is 3. The lowest BCUT2D eigenvalue weighted by molar-refractivity contribution is -0.158. The molecule has 178 valence electrons. The molecular weight excluding hydrogens is 432 g/mol. The number of aromatic nitrogens is 1. The van der Waals surface area contributed by atoms with Gasteiger partial charge in [-0.1, -0.05) is 56.5 Å². The van der Waals surface area contributed by atoms with E-state index in [0.717, 1.165) is 47.8 Å². The van der Waals surface area contributed by atoms with Crippen molar-refractivity contribution in [3.63, 3.8) is 0 Å². The lowest BCUT2D eigenvalue weighted by Crippen LogP contribution is -2.63. The highest BCUT2D eigenvalue weighted by molar-refractivity contribution is 5.97. The van der Waals surface area contributed by atoms with E-state index < -0.39 is 12.1 Å². The summed E-state index contributed by atoms with van der Waals surface area (Å²) < 4.78 is 0. The summed E-state index contributed by atoms with van der Waals surface area (Å²) in [7, 11) is 0. The molecule has 2 atom stereocenters. The molecule has 0 saturated carbocycles. The molecule has 0 spiro atoms. The van der Waals surface area contributed by atoms with Crippen LogP contribution in [0.5, 0.6) is 0 Å². The summed E-state index contributed by atoms with van der Waals surface area (Å²) in [5.74, 6) is -0.136. The number of aromatic amines is 1. The monoisotopic (exact) mass is 461 g/mol. The highest BCUT2D eigenvalue weighted by atomic mass is 16.8. The number of benzene rings is 2. The summed E-state index contributed by atoms with van der Waals surface area (Å²) >= 11 is 0. The first-order chi connectivity index (χ1) is 16.5. The second kappa shape index (κ2) is 9.12. The summed E-state index contributed by atoms with van der Waals surface area (Å²) in [6.07, 6.45) is 4.60. The number of anilines is 1. The van der Waals surface area contributed by atoms with Gasteiger partial charge in [-0.15, -0.1) is 0 Å². The van der Waals surface area contributed by atoms with Crippen molar-refractivity contribution in [2.45, 2.75) is 51.1 Å². The Morgan fingerprint density at radius 1 is 1.12 bits per heavy atom. The van der Waals surface area contributed by atoms with Gasteiger partial charge in [-0.25, -0.2) is 0 Å². The van der Waals surface area contributed by atoms with Crippen LogP contribution in [0.1, 0.15) is 55.5 Å². The number of amides is 2. The van der Waals surface area contributed by atoms with E-state index in [4.69, 9.17) is 0 Å². The van der Waals surface area contributed by atoms with Crippen molar-refractivity contribution in [2.24, 2.45) is 0 Å². The third-order valence-corrected chi connectivity index (χ3v) is 7.03. The zero-order valence-electron chi connectivity index (χ0n) is 19.2. The molecule has 0 bridgehead atoms. The van der Waals surface area contributed by atoms with E-state index in [1.165, 1.54) is 6.07 Å². The van der Waals surface area contributed by atoms with Gasteiger partial charge in [0.15, 0.2) is 0 Å². The summed E-state index contributed by atoms with van der Waals surface area (Å²) in [5.41, 5.74) is 3.55. The van der Waals surface area contributed by atoms with Gasteiger partial charge in [0, 0.05) is 29.6 Å². The van der Waals surface area contributed by atoms with E-state index >= 15 is 0 Å². The van der Waals surface area contributed by atoms with Crippen molar-refractivity contribution in [3.8, 4) is 0 Å². The predicted molar refractivity (Wildman–Crippen MR) is 129 cm³/mol. The minimum Gasteiger partial charge on any atom is -0.733 e. The molecule has 5 rings (SSSR count). The van der Waals surface area contributed by atoms with Crippen molar-refractivity contribution in [1.29, 1.82) is 0 Å². The maximum atomic E-state index is 13.6. The number of carbonyl (C=O) groups is 2. The van der Waals surface area contributed by atoms with Crippen molar-refractivity contribution in [2.75, 3.05) is 18.3 Å². The third-order valence-electron chi connectivity index (χ3n) is 7.03. The van der Waals surface area contributed by atoms with E-state index in [1.807, 2.05) is 30.3 Å². The van der Waals surface area contributed by atoms with Crippen LogP contribution in [0.3, 0.4) is 0 Å². The molecule has 2 unspecified atom stereocenters. The minimum atomic E-state index is -0.606. The summed E-state index contributed by atoms with van der Waals surface area (Å²) in [6, 6.07) is 13.3. The Morgan fingerprint density at radius 2 is 1.94 bits per heavy atom. The van der Waals surface area contributed by atoms with Crippen LogP contribution in [0.2, 0.25) is 0 Å². The summed E-state index contributed by atoms with van der Waals surface area (Å²) in [5, 5.41) is 21.9. The number of nitrogens with one attached hydrogen (secondary N) is 1. The molecule has 2 N–H and O–H groups in total. The minimum absolute atomic E-state index is 0.0270. The Bertz CT molecular complexity index is 1220. The van der Waals surface area contributed by atoms with Crippen molar-refractivity contribution < 1.29 is 14.8 Å². The van der Waals surface area contributed by atoms with Gasteiger partial charge in [0.1, 0.15) is 6.04 Å². The van der Waals surface area contributed by atoms with Gasteiger partial charge >= 0.3 is 0 Å². The first kappa shape index (κ1) is 22.4. The fourth-order valence-electron chi connectivity index (χ4n) is 5.40. The van der Waals surface area contributed by atoms with Gasteiger partial charge in [0.25, 0.3) is 0 Å². The first-order valence-corrected chi connectivity index (χ1v) is 11.9. The number of fused-ring (bicyclic) bond motifs is 4. The largest absolute Gasteiger partial charge is 0.733 e. The van der Waals surface area contributed by atoms with Gasteiger partial charge in [-0.05, 0) is 35.7 Å². The number of piperazine rings is 1. The Hall–Kier alpha value is -3.36. The Kier molecular flexibility index (Phi) is 6.02. The number of carbonyl (C=O) groups excluding carboxylic acids is 2. The van der Waals surface area contributed by atoms with E-state index in [9.17, 15) is 20.0 Å². The topological polar surface area (TPSA) is 103 Å². The molecule has 34 heavy (non-hydrogen) atoms. The molecule has 0 radical (unpaired) electrons. The molecule has 1 fully saturated rings. The van der Waals surface area contributed by atoms with E-state index in [2.05, 4.69) is 11.9 Å². The van der Waals surface area contributed by atoms with Gasteiger partial charge in [0.2, 0.25) is 11.8 Å². The van der Waals surface area contributed by atoms with Crippen LogP contribution in [0.15, 0.2) is 48.5 Å². The zero-order valence-corrected chi connectivity index (χ0v) is 19.2. The Balaban J connectivity index is 1.58. The van der Waals surface area contributed by atoms with Crippen LogP contribution in [-0.4, -0.2) is 50.9 Å². The van der Waals surface area contributed by atoms with Gasteiger partial charge < -0.3 is 25.2 Å². The normalized spacial score (nSPS) is 20.0. The Morgan fingerprint density at radius 3 is 2.74 bits per heavy atom. The van der Waals surface area contributed by atoms with Crippen molar-refractivity contribution in [1.82, 2.24) is 14.8 Å². The predicted octanol–water partition coefficient (Wildman–Crippen LogP) is 4.13. The molecule has 3 heterocycles. The second-order valence-corrected chi connectivity index (χ2v) is 9.17.